The molecule has 6 nitrogen and oxygen atoms in total. The Kier molecular flexibility index (Phi) is 4.44. The first kappa shape index (κ1) is 18.1. The van der Waals surface area contributed by atoms with Gasteiger partial charge in [0.05, 0.1) is 40.3 Å². The van der Waals surface area contributed by atoms with Gasteiger partial charge < -0.3 is 19.7 Å². The SMILES string of the molecule is CN(C)c1cc2c(Nc3ccc4scnc4c3F)ccnc2cc1OC1COC1. The summed E-state index contributed by atoms with van der Waals surface area (Å²) in [5.74, 6) is 0.405. The van der Waals surface area contributed by atoms with Crippen LogP contribution in [0.15, 0.2) is 42.0 Å². The molecule has 0 spiro atoms. The van der Waals surface area contributed by atoms with E-state index in [4.69, 9.17) is 9.47 Å². The molecule has 0 unspecified atom stereocenters. The number of ether oxygens (including phenoxy) is 2. The molecule has 3 heterocycles. The minimum atomic E-state index is -0.355. The molecule has 0 amide bonds. The summed E-state index contributed by atoms with van der Waals surface area (Å²) in [7, 11) is 3.93. The fraction of sp³-hybridized carbons (Fsp3) is 0.238. The van der Waals surface area contributed by atoms with E-state index in [0.717, 1.165) is 32.7 Å². The van der Waals surface area contributed by atoms with E-state index < -0.39 is 0 Å². The predicted molar refractivity (Wildman–Crippen MR) is 114 cm³/mol. The Labute approximate surface area is 170 Å². The van der Waals surface area contributed by atoms with E-state index in [2.05, 4.69) is 15.3 Å². The van der Waals surface area contributed by atoms with Gasteiger partial charge in [-0.05, 0) is 24.3 Å². The molecule has 0 radical (unpaired) electrons. The first-order chi connectivity index (χ1) is 14.1. The van der Waals surface area contributed by atoms with E-state index in [-0.39, 0.29) is 11.9 Å². The zero-order chi connectivity index (χ0) is 20.0. The molecule has 5 rings (SSSR count). The second-order valence-electron chi connectivity index (χ2n) is 7.12. The average Bonchev–Trinajstić information content (AvgIpc) is 3.16. The molecule has 1 N–H and O–H groups in total. The highest BCUT2D eigenvalue weighted by atomic mass is 32.1. The molecule has 4 aromatic rings. The standard InChI is InChI=1S/C21H19FN4O2S/c1-26(2)17-7-13-14(25-15-3-4-19-21(20(15)22)24-11-29-19)5-6-23-16(13)8-18(17)28-12-9-27-10-12/h3-8,11-12H,9-10H2,1-2H3,(H,23,25). The molecule has 0 saturated carbocycles. The molecule has 29 heavy (non-hydrogen) atoms. The zero-order valence-corrected chi connectivity index (χ0v) is 16.8. The highest BCUT2D eigenvalue weighted by molar-refractivity contribution is 7.16. The molecule has 1 fully saturated rings. The van der Waals surface area contributed by atoms with Gasteiger partial charge in [0.25, 0.3) is 0 Å². The average molecular weight is 410 g/mol. The van der Waals surface area contributed by atoms with Crippen LogP contribution in [0.25, 0.3) is 21.1 Å². The summed E-state index contributed by atoms with van der Waals surface area (Å²) in [6.07, 6.45) is 1.77. The van der Waals surface area contributed by atoms with Crippen molar-refractivity contribution in [3.05, 3.63) is 47.9 Å². The van der Waals surface area contributed by atoms with Gasteiger partial charge in [0.2, 0.25) is 0 Å². The van der Waals surface area contributed by atoms with Crippen molar-refractivity contribution in [1.82, 2.24) is 9.97 Å². The Balaban J connectivity index is 1.58. The number of benzene rings is 2. The monoisotopic (exact) mass is 410 g/mol. The Morgan fingerprint density at radius 3 is 2.79 bits per heavy atom. The van der Waals surface area contributed by atoms with Gasteiger partial charge in [-0.25, -0.2) is 9.37 Å². The molecule has 8 heteroatoms. The normalized spacial score (nSPS) is 14.2. The van der Waals surface area contributed by atoms with Crippen LogP contribution in [0.2, 0.25) is 0 Å². The van der Waals surface area contributed by atoms with Gasteiger partial charge in [-0.15, -0.1) is 11.3 Å². The summed E-state index contributed by atoms with van der Waals surface area (Å²) >= 11 is 1.42. The lowest BCUT2D eigenvalue weighted by Gasteiger charge is -2.29. The van der Waals surface area contributed by atoms with Crippen LogP contribution in [-0.2, 0) is 4.74 Å². The van der Waals surface area contributed by atoms with E-state index in [1.165, 1.54) is 11.3 Å². The number of hydrogen-bond acceptors (Lipinski definition) is 7. The van der Waals surface area contributed by atoms with Gasteiger partial charge in [-0.1, -0.05) is 0 Å². The quantitative estimate of drug-likeness (QED) is 0.520. The highest BCUT2D eigenvalue weighted by Crippen LogP contribution is 2.37. The number of hydrogen-bond donors (Lipinski definition) is 1. The molecule has 1 aliphatic rings. The lowest BCUT2D eigenvalue weighted by atomic mass is 10.1. The van der Waals surface area contributed by atoms with E-state index in [1.54, 1.807) is 17.8 Å². The number of rotatable bonds is 5. The number of thiazole rings is 1. The van der Waals surface area contributed by atoms with Crippen molar-refractivity contribution in [2.45, 2.75) is 6.10 Å². The third kappa shape index (κ3) is 3.24. The minimum Gasteiger partial charge on any atom is -0.483 e. The second-order valence-corrected chi connectivity index (χ2v) is 8.00. The van der Waals surface area contributed by atoms with Gasteiger partial charge >= 0.3 is 0 Å². The minimum absolute atomic E-state index is 0.0615. The Morgan fingerprint density at radius 1 is 1.17 bits per heavy atom. The van der Waals surface area contributed by atoms with Crippen LogP contribution in [-0.4, -0.2) is 43.4 Å². The second kappa shape index (κ2) is 7.13. The van der Waals surface area contributed by atoms with E-state index >= 15 is 0 Å². The molecule has 0 aliphatic carbocycles. The lowest BCUT2D eigenvalue weighted by Crippen LogP contribution is -2.38. The number of fused-ring (bicyclic) bond motifs is 2. The zero-order valence-electron chi connectivity index (χ0n) is 16.0. The topological polar surface area (TPSA) is 59.5 Å². The fourth-order valence-electron chi connectivity index (χ4n) is 3.32. The number of nitrogens with zero attached hydrogens (tertiary/aromatic N) is 3. The van der Waals surface area contributed by atoms with Crippen LogP contribution >= 0.6 is 11.3 Å². The maximum Gasteiger partial charge on any atom is 0.173 e. The Bertz CT molecular complexity index is 1210. The molecule has 2 aromatic carbocycles. The maximum atomic E-state index is 14.9. The van der Waals surface area contributed by atoms with Crippen molar-refractivity contribution in [2.75, 3.05) is 37.5 Å². The van der Waals surface area contributed by atoms with Gasteiger partial charge in [-0.2, -0.15) is 0 Å². The van der Waals surface area contributed by atoms with E-state index in [1.807, 2.05) is 43.3 Å². The Hall–Kier alpha value is -2.97. The van der Waals surface area contributed by atoms with Gasteiger partial charge in [0.1, 0.15) is 17.4 Å². The van der Waals surface area contributed by atoms with Gasteiger partial charge in [-0.3, -0.25) is 4.98 Å². The van der Waals surface area contributed by atoms with Crippen molar-refractivity contribution in [3.8, 4) is 5.75 Å². The van der Waals surface area contributed by atoms with Crippen molar-refractivity contribution in [3.63, 3.8) is 0 Å². The molecule has 1 aliphatic heterocycles. The fourth-order valence-corrected chi connectivity index (χ4v) is 3.99. The van der Waals surface area contributed by atoms with Gasteiger partial charge in [0.15, 0.2) is 5.82 Å². The summed E-state index contributed by atoms with van der Waals surface area (Å²) in [5.41, 5.74) is 4.88. The number of halogens is 1. The number of pyridine rings is 1. The van der Waals surface area contributed by atoms with Crippen molar-refractivity contribution < 1.29 is 13.9 Å². The van der Waals surface area contributed by atoms with E-state index in [9.17, 15) is 4.39 Å². The van der Waals surface area contributed by atoms with E-state index in [0.29, 0.717) is 24.4 Å². The van der Waals surface area contributed by atoms with Crippen molar-refractivity contribution in [2.24, 2.45) is 0 Å². The third-order valence-corrected chi connectivity index (χ3v) is 5.71. The first-order valence-electron chi connectivity index (χ1n) is 9.23. The molecule has 2 aromatic heterocycles. The third-order valence-electron chi connectivity index (χ3n) is 4.92. The maximum absolute atomic E-state index is 14.9. The summed E-state index contributed by atoms with van der Waals surface area (Å²) in [6, 6.07) is 9.39. The molecular weight excluding hydrogens is 391 g/mol. The highest BCUT2D eigenvalue weighted by Gasteiger charge is 2.23. The summed E-state index contributed by atoms with van der Waals surface area (Å²) < 4.78 is 27.0. The van der Waals surface area contributed by atoms with Gasteiger partial charge in [0, 0.05) is 37.4 Å². The summed E-state index contributed by atoms with van der Waals surface area (Å²) in [6.45, 7) is 1.19. The smallest absolute Gasteiger partial charge is 0.173 e. The largest absolute Gasteiger partial charge is 0.483 e. The van der Waals surface area contributed by atoms with Crippen molar-refractivity contribution in [1.29, 1.82) is 0 Å². The molecule has 0 bridgehead atoms. The van der Waals surface area contributed by atoms with Crippen LogP contribution < -0.4 is 15.0 Å². The Morgan fingerprint density at radius 2 is 2.03 bits per heavy atom. The molecule has 148 valence electrons. The van der Waals surface area contributed by atoms with Crippen LogP contribution in [0.4, 0.5) is 21.5 Å². The van der Waals surface area contributed by atoms with Crippen molar-refractivity contribution >= 4 is 49.5 Å². The summed E-state index contributed by atoms with van der Waals surface area (Å²) in [5, 5.41) is 4.10. The van der Waals surface area contributed by atoms with Crippen LogP contribution in [0.5, 0.6) is 5.75 Å². The lowest BCUT2D eigenvalue weighted by molar-refractivity contribution is -0.0794. The molecular formula is C21H19FN4O2S. The number of nitrogens with one attached hydrogen (secondary N) is 1. The summed E-state index contributed by atoms with van der Waals surface area (Å²) in [4.78, 5) is 10.6. The number of anilines is 3. The molecule has 0 atom stereocenters. The number of aromatic nitrogens is 2. The predicted octanol–water partition coefficient (Wildman–Crippen LogP) is 4.57. The first-order valence-corrected chi connectivity index (χ1v) is 10.1. The molecule has 1 saturated heterocycles. The van der Waals surface area contributed by atoms with Crippen LogP contribution in [0.3, 0.4) is 0 Å². The van der Waals surface area contributed by atoms with Crippen LogP contribution in [0, 0.1) is 5.82 Å². The van der Waals surface area contributed by atoms with Crippen LogP contribution in [0.1, 0.15) is 0 Å².